The van der Waals surface area contributed by atoms with E-state index in [4.69, 9.17) is 19.3 Å². The zero-order chi connectivity index (χ0) is 26.7. The van der Waals surface area contributed by atoms with Gasteiger partial charge in [-0.15, -0.1) is 0 Å². The van der Waals surface area contributed by atoms with Crippen molar-refractivity contribution in [2.75, 3.05) is 33.4 Å². The summed E-state index contributed by atoms with van der Waals surface area (Å²) < 4.78 is 18.7. The molecule has 0 radical (unpaired) electrons. The average Bonchev–Trinajstić information content (AvgIpc) is 3.62. The maximum atomic E-state index is 13.6. The van der Waals surface area contributed by atoms with Crippen molar-refractivity contribution >= 4 is 22.9 Å². The highest BCUT2D eigenvalue weighted by Crippen LogP contribution is 2.32. The van der Waals surface area contributed by atoms with Crippen LogP contribution in [0.5, 0.6) is 0 Å². The number of hydrogen-bond acceptors (Lipinski definition) is 6. The standard InChI is InChI=1S/C28H42N4O5/c1-19(2)25-22-11-8-20(16-23(22)32(29-25)12-7-14-35-6)17-31(21-9-10-21)26(33)24-18-30(13-15-36-24)27(34)37-28(3,4)5/h8,11,16,19,21,24H,7,9-10,12-15,17-18H2,1-6H3/t24-/m1/s1. The summed E-state index contributed by atoms with van der Waals surface area (Å²) >= 11 is 0. The van der Waals surface area contributed by atoms with Crippen LogP contribution in [0, 0.1) is 0 Å². The maximum absolute atomic E-state index is 13.6. The smallest absolute Gasteiger partial charge is 0.410 e. The first-order valence-corrected chi connectivity index (χ1v) is 13.5. The quantitative estimate of drug-likeness (QED) is 0.463. The lowest BCUT2D eigenvalue weighted by molar-refractivity contribution is -0.150. The number of aromatic nitrogens is 2. The molecule has 2 fully saturated rings. The molecule has 4 rings (SSSR count). The molecular weight excluding hydrogens is 472 g/mol. The van der Waals surface area contributed by atoms with Gasteiger partial charge in [0.25, 0.3) is 5.91 Å². The summed E-state index contributed by atoms with van der Waals surface area (Å²) in [5, 5.41) is 6.05. The van der Waals surface area contributed by atoms with Crippen molar-refractivity contribution in [2.45, 2.75) is 90.6 Å². The highest BCUT2D eigenvalue weighted by molar-refractivity contribution is 5.84. The van der Waals surface area contributed by atoms with Crippen LogP contribution in [0.25, 0.3) is 10.9 Å². The molecule has 1 aromatic carbocycles. The van der Waals surface area contributed by atoms with E-state index in [0.717, 1.165) is 48.0 Å². The molecule has 0 N–H and O–H groups in total. The third kappa shape index (κ3) is 6.82. The average molecular weight is 515 g/mol. The molecule has 1 aromatic heterocycles. The summed E-state index contributed by atoms with van der Waals surface area (Å²) in [7, 11) is 1.71. The number of fused-ring (bicyclic) bond motifs is 1. The van der Waals surface area contributed by atoms with E-state index >= 15 is 0 Å². The largest absolute Gasteiger partial charge is 0.444 e. The normalized spacial score (nSPS) is 18.5. The zero-order valence-corrected chi connectivity index (χ0v) is 23.2. The van der Waals surface area contributed by atoms with Crippen LogP contribution >= 0.6 is 0 Å². The van der Waals surface area contributed by atoms with E-state index in [0.29, 0.717) is 32.2 Å². The Bertz CT molecular complexity index is 1100. The molecule has 2 heterocycles. The molecule has 2 amide bonds. The van der Waals surface area contributed by atoms with Crippen molar-refractivity contribution in [3.05, 3.63) is 29.5 Å². The van der Waals surface area contributed by atoms with Crippen LogP contribution < -0.4 is 0 Å². The lowest BCUT2D eigenvalue weighted by Crippen LogP contribution is -2.53. The van der Waals surface area contributed by atoms with Gasteiger partial charge in [0.1, 0.15) is 5.60 Å². The second-order valence-electron chi connectivity index (χ2n) is 11.4. The van der Waals surface area contributed by atoms with Crippen LogP contribution in [0.3, 0.4) is 0 Å². The van der Waals surface area contributed by atoms with E-state index in [1.807, 2.05) is 25.7 Å². The number of morpholine rings is 1. The third-order valence-corrected chi connectivity index (χ3v) is 6.73. The van der Waals surface area contributed by atoms with Crippen LogP contribution in [-0.2, 0) is 32.1 Å². The van der Waals surface area contributed by atoms with Crippen LogP contribution in [0.15, 0.2) is 18.2 Å². The number of methoxy groups -OCH3 is 1. The number of carbonyl (C=O) groups is 2. The molecule has 0 spiro atoms. The molecule has 9 heteroatoms. The topological polar surface area (TPSA) is 86.1 Å². The second-order valence-corrected chi connectivity index (χ2v) is 11.4. The summed E-state index contributed by atoms with van der Waals surface area (Å²) in [5.41, 5.74) is 2.66. The van der Waals surface area contributed by atoms with E-state index in [2.05, 4.69) is 36.7 Å². The Hall–Kier alpha value is -2.65. The van der Waals surface area contributed by atoms with Gasteiger partial charge in [0.15, 0.2) is 6.10 Å². The monoisotopic (exact) mass is 514 g/mol. The fourth-order valence-electron chi connectivity index (χ4n) is 4.74. The van der Waals surface area contributed by atoms with Gasteiger partial charge in [-0.25, -0.2) is 4.79 Å². The molecule has 2 aromatic rings. The van der Waals surface area contributed by atoms with E-state index < -0.39 is 17.8 Å². The van der Waals surface area contributed by atoms with Crippen molar-refractivity contribution in [1.82, 2.24) is 19.6 Å². The van der Waals surface area contributed by atoms with Gasteiger partial charge in [-0.1, -0.05) is 26.0 Å². The predicted octanol–water partition coefficient (Wildman–Crippen LogP) is 4.32. The number of rotatable bonds is 9. The fourth-order valence-corrected chi connectivity index (χ4v) is 4.74. The van der Waals surface area contributed by atoms with Gasteiger partial charge in [0.2, 0.25) is 0 Å². The van der Waals surface area contributed by atoms with Crippen LogP contribution in [-0.4, -0.2) is 82.7 Å². The van der Waals surface area contributed by atoms with Gasteiger partial charge >= 0.3 is 6.09 Å². The van der Waals surface area contributed by atoms with E-state index in [-0.39, 0.29) is 18.5 Å². The first-order chi connectivity index (χ1) is 17.6. The van der Waals surface area contributed by atoms with Crippen molar-refractivity contribution in [2.24, 2.45) is 0 Å². The molecule has 1 aliphatic heterocycles. The zero-order valence-electron chi connectivity index (χ0n) is 23.2. The van der Waals surface area contributed by atoms with Gasteiger partial charge in [0, 0.05) is 44.8 Å². The number of amides is 2. The van der Waals surface area contributed by atoms with Crippen molar-refractivity contribution < 1.29 is 23.8 Å². The number of ether oxygens (including phenoxy) is 3. The Morgan fingerprint density at radius 1 is 1.24 bits per heavy atom. The van der Waals surface area contributed by atoms with E-state index in [9.17, 15) is 9.59 Å². The van der Waals surface area contributed by atoms with Gasteiger partial charge in [-0.3, -0.25) is 9.48 Å². The molecular formula is C28H42N4O5. The van der Waals surface area contributed by atoms with Crippen LogP contribution in [0.4, 0.5) is 4.79 Å². The number of aryl methyl sites for hydroxylation is 1. The molecule has 204 valence electrons. The van der Waals surface area contributed by atoms with Crippen LogP contribution in [0.1, 0.15) is 71.1 Å². The molecule has 1 saturated heterocycles. The van der Waals surface area contributed by atoms with E-state index in [1.54, 1.807) is 12.0 Å². The van der Waals surface area contributed by atoms with Gasteiger partial charge in [-0.2, -0.15) is 5.10 Å². The molecule has 0 bridgehead atoms. The van der Waals surface area contributed by atoms with Gasteiger partial charge in [0.05, 0.1) is 24.4 Å². The van der Waals surface area contributed by atoms with Gasteiger partial charge in [-0.05, 0) is 57.6 Å². The van der Waals surface area contributed by atoms with Crippen molar-refractivity contribution in [3.8, 4) is 0 Å². The molecule has 0 unspecified atom stereocenters. The highest BCUT2D eigenvalue weighted by atomic mass is 16.6. The Balaban J connectivity index is 1.51. The lowest BCUT2D eigenvalue weighted by Gasteiger charge is -2.36. The van der Waals surface area contributed by atoms with Gasteiger partial charge < -0.3 is 24.0 Å². The Morgan fingerprint density at radius 2 is 2.00 bits per heavy atom. The highest BCUT2D eigenvalue weighted by Gasteiger charge is 2.39. The van der Waals surface area contributed by atoms with Crippen molar-refractivity contribution in [1.29, 1.82) is 0 Å². The fraction of sp³-hybridized carbons (Fsp3) is 0.679. The first-order valence-electron chi connectivity index (χ1n) is 13.5. The molecule has 1 aliphatic carbocycles. The second kappa shape index (κ2) is 11.4. The SMILES string of the molecule is COCCCn1nc(C(C)C)c2ccc(CN(C(=O)[C@H]3CN(C(=O)OC(C)(C)C)CCO3)C3CC3)cc21. The third-order valence-electron chi connectivity index (χ3n) is 6.73. The Kier molecular flexibility index (Phi) is 8.43. The molecule has 37 heavy (non-hydrogen) atoms. The summed E-state index contributed by atoms with van der Waals surface area (Å²) in [6, 6.07) is 6.61. The maximum Gasteiger partial charge on any atom is 0.410 e. The summed E-state index contributed by atoms with van der Waals surface area (Å²) in [6.45, 7) is 12.8. The molecule has 9 nitrogen and oxygen atoms in total. The minimum absolute atomic E-state index is 0.0627. The minimum Gasteiger partial charge on any atom is -0.444 e. The summed E-state index contributed by atoms with van der Waals surface area (Å²) in [4.78, 5) is 29.7. The predicted molar refractivity (Wildman–Crippen MR) is 141 cm³/mol. The number of hydrogen-bond donors (Lipinski definition) is 0. The molecule has 2 aliphatic rings. The number of benzene rings is 1. The first kappa shape index (κ1) is 27.4. The Labute approximate surface area is 220 Å². The number of carbonyl (C=O) groups excluding carboxylic acids is 2. The minimum atomic E-state index is -0.683. The summed E-state index contributed by atoms with van der Waals surface area (Å²) in [5.74, 6) is 0.255. The molecule has 1 saturated carbocycles. The summed E-state index contributed by atoms with van der Waals surface area (Å²) in [6.07, 6.45) is 1.78. The lowest BCUT2D eigenvalue weighted by atomic mass is 10.0. The van der Waals surface area contributed by atoms with Crippen LogP contribution in [0.2, 0.25) is 0 Å². The number of nitrogens with zero attached hydrogens (tertiary/aromatic N) is 4. The Morgan fingerprint density at radius 3 is 2.65 bits per heavy atom. The van der Waals surface area contributed by atoms with E-state index in [1.165, 1.54) is 0 Å². The van der Waals surface area contributed by atoms with Crippen molar-refractivity contribution in [3.63, 3.8) is 0 Å². The molecule has 1 atom stereocenters.